The topological polar surface area (TPSA) is 61.8 Å². The minimum atomic E-state index is -1.15. The summed E-state index contributed by atoms with van der Waals surface area (Å²) in [5.74, 6) is -0.656. The van der Waals surface area contributed by atoms with Crippen LogP contribution in [0.1, 0.15) is 27.2 Å². The maximum absolute atomic E-state index is 11.6. The maximum atomic E-state index is 11.6. The van der Waals surface area contributed by atoms with E-state index in [4.69, 9.17) is 4.74 Å². The molecule has 0 bridgehead atoms. The van der Waals surface area contributed by atoms with E-state index in [1.807, 2.05) is 0 Å². The number of rotatable bonds is 8. The molecule has 0 rings (SSSR count). The van der Waals surface area contributed by atoms with Crippen LogP contribution in [0.3, 0.4) is 0 Å². The molecule has 0 aromatic rings. The Bertz CT molecular complexity index is 209. The fourth-order valence-corrected chi connectivity index (χ4v) is 1.28. The van der Waals surface area contributed by atoms with E-state index >= 15 is 0 Å². The number of ether oxygens (including phenoxy) is 1. The van der Waals surface area contributed by atoms with Crippen molar-refractivity contribution in [2.75, 3.05) is 19.8 Å². The second kappa shape index (κ2) is 7.74. The summed E-state index contributed by atoms with van der Waals surface area (Å²) in [5.41, 5.74) is 0. The molecule has 5 nitrogen and oxygen atoms in total. The Morgan fingerprint density at radius 3 is 2.33 bits per heavy atom. The molecule has 0 saturated carbocycles. The normalized spacial score (nSPS) is 14.9. The molecule has 1 atom stereocenters. The first-order valence-electron chi connectivity index (χ1n) is 4.93. The quantitative estimate of drug-likeness (QED) is 0.366. The summed E-state index contributed by atoms with van der Waals surface area (Å²) in [4.78, 5) is 20.6. The zero-order valence-electron chi connectivity index (χ0n) is 9.32. The molecule has 0 spiro atoms. The van der Waals surface area contributed by atoms with Crippen molar-refractivity contribution in [1.29, 1.82) is 0 Å². The van der Waals surface area contributed by atoms with Crippen molar-refractivity contribution in [3.05, 3.63) is 0 Å². The van der Waals surface area contributed by atoms with Gasteiger partial charge in [0.05, 0.1) is 13.2 Å². The molecule has 0 heterocycles. The number of hydrogen-bond acceptors (Lipinski definition) is 5. The third-order valence-corrected chi connectivity index (χ3v) is 2.91. The molecule has 0 radical (unpaired) electrons. The first-order valence-corrected chi connectivity index (χ1v) is 5.74. The van der Waals surface area contributed by atoms with Gasteiger partial charge in [0.1, 0.15) is 0 Å². The summed E-state index contributed by atoms with van der Waals surface area (Å²) in [6, 6.07) is 0. The maximum Gasteiger partial charge on any atom is 0.362 e. The van der Waals surface area contributed by atoms with Crippen molar-refractivity contribution in [3.8, 4) is 0 Å². The van der Waals surface area contributed by atoms with Crippen molar-refractivity contribution in [2.45, 2.75) is 32.3 Å². The van der Waals surface area contributed by atoms with Crippen LogP contribution in [0.25, 0.3) is 0 Å². The molecule has 0 aliphatic carbocycles. The fourth-order valence-electron chi connectivity index (χ4n) is 0.894. The SMILES string of the molecule is CCOCC(CC)(P=O)C(=O)OOCC. The van der Waals surface area contributed by atoms with Crippen LogP contribution in [-0.2, 0) is 23.9 Å². The summed E-state index contributed by atoms with van der Waals surface area (Å²) in [6.07, 6.45) is 0.365. The van der Waals surface area contributed by atoms with E-state index in [9.17, 15) is 9.36 Å². The van der Waals surface area contributed by atoms with Gasteiger partial charge in [-0.2, -0.15) is 4.89 Å². The lowest BCUT2D eigenvalue weighted by Gasteiger charge is -2.21. The van der Waals surface area contributed by atoms with Gasteiger partial charge in [0.15, 0.2) is 13.6 Å². The number of carbonyl (C=O) groups excluding carboxylic acids is 1. The zero-order chi connectivity index (χ0) is 11.7. The molecule has 0 N–H and O–H groups in total. The molecule has 0 aromatic carbocycles. The van der Waals surface area contributed by atoms with E-state index in [-0.39, 0.29) is 21.7 Å². The molecule has 0 amide bonds. The predicted molar refractivity (Wildman–Crippen MR) is 54.8 cm³/mol. The minimum absolute atomic E-state index is 0.0664. The molecule has 6 heteroatoms. The van der Waals surface area contributed by atoms with E-state index in [1.165, 1.54) is 0 Å². The lowest BCUT2D eigenvalue weighted by molar-refractivity contribution is -0.272. The predicted octanol–water partition coefficient (Wildman–Crippen LogP) is 1.96. The Hall–Kier alpha value is -0.510. The van der Waals surface area contributed by atoms with E-state index in [0.29, 0.717) is 13.0 Å². The van der Waals surface area contributed by atoms with E-state index in [0.717, 1.165) is 0 Å². The van der Waals surface area contributed by atoms with Crippen LogP contribution in [0.4, 0.5) is 0 Å². The van der Waals surface area contributed by atoms with Crippen LogP contribution in [-0.4, -0.2) is 30.9 Å². The Balaban J connectivity index is 4.45. The van der Waals surface area contributed by atoms with Crippen LogP contribution >= 0.6 is 8.46 Å². The van der Waals surface area contributed by atoms with E-state index in [1.54, 1.807) is 20.8 Å². The van der Waals surface area contributed by atoms with Gasteiger partial charge in [0, 0.05) is 6.61 Å². The summed E-state index contributed by atoms with van der Waals surface area (Å²) < 4.78 is 16.1. The van der Waals surface area contributed by atoms with Gasteiger partial charge >= 0.3 is 5.97 Å². The highest BCUT2D eigenvalue weighted by atomic mass is 31.1. The molecule has 0 saturated heterocycles. The van der Waals surface area contributed by atoms with Crippen LogP contribution in [0.15, 0.2) is 0 Å². The van der Waals surface area contributed by atoms with Crippen molar-refractivity contribution >= 4 is 14.4 Å². The van der Waals surface area contributed by atoms with Gasteiger partial charge in [-0.05, 0) is 20.3 Å². The Morgan fingerprint density at radius 2 is 1.93 bits per heavy atom. The zero-order valence-corrected chi connectivity index (χ0v) is 10.2. The van der Waals surface area contributed by atoms with Gasteiger partial charge in [0.2, 0.25) is 0 Å². The molecule has 0 fully saturated rings. The van der Waals surface area contributed by atoms with Crippen LogP contribution in [0, 0.1) is 0 Å². The average Bonchev–Trinajstić information content (AvgIpc) is 2.28. The van der Waals surface area contributed by atoms with Crippen LogP contribution < -0.4 is 0 Å². The Labute approximate surface area is 91.2 Å². The standard InChI is InChI=1S/C9H17O5P/c1-4-9(15-11,7-12-5-2)8(10)14-13-6-3/h4-7H2,1-3H3. The van der Waals surface area contributed by atoms with Gasteiger partial charge in [-0.15, -0.1) is 0 Å². The van der Waals surface area contributed by atoms with Gasteiger partial charge in [-0.1, -0.05) is 6.92 Å². The highest BCUT2D eigenvalue weighted by Crippen LogP contribution is 2.29. The van der Waals surface area contributed by atoms with Crippen LogP contribution in [0.2, 0.25) is 0 Å². The van der Waals surface area contributed by atoms with Gasteiger partial charge in [-0.3, -0.25) is 9.45 Å². The molecule has 1 unspecified atom stereocenters. The van der Waals surface area contributed by atoms with Crippen molar-refractivity contribution < 1.29 is 23.9 Å². The average molecular weight is 236 g/mol. The summed E-state index contributed by atoms with van der Waals surface area (Å²) in [5, 5.41) is -1.15. The van der Waals surface area contributed by atoms with Crippen molar-refractivity contribution in [2.24, 2.45) is 0 Å². The Kier molecular flexibility index (Phi) is 7.48. The second-order valence-electron chi connectivity index (χ2n) is 2.89. The first kappa shape index (κ1) is 14.5. The van der Waals surface area contributed by atoms with E-state index < -0.39 is 11.1 Å². The minimum Gasteiger partial charge on any atom is -0.380 e. The highest BCUT2D eigenvalue weighted by Gasteiger charge is 2.41. The molecule has 0 aromatic heterocycles. The lowest BCUT2D eigenvalue weighted by Crippen LogP contribution is -2.38. The van der Waals surface area contributed by atoms with Crippen molar-refractivity contribution in [3.63, 3.8) is 0 Å². The third-order valence-electron chi connectivity index (χ3n) is 1.94. The first-order chi connectivity index (χ1) is 7.16. The monoisotopic (exact) mass is 236 g/mol. The third kappa shape index (κ3) is 4.24. The molecular weight excluding hydrogens is 219 g/mol. The summed E-state index contributed by atoms with van der Waals surface area (Å²) in [7, 11) is -0.311. The van der Waals surface area contributed by atoms with Crippen LogP contribution in [0.5, 0.6) is 0 Å². The highest BCUT2D eigenvalue weighted by molar-refractivity contribution is 7.27. The van der Waals surface area contributed by atoms with E-state index in [2.05, 4.69) is 9.78 Å². The summed E-state index contributed by atoms with van der Waals surface area (Å²) >= 11 is 0. The lowest BCUT2D eigenvalue weighted by atomic mass is 10.1. The number of carbonyl (C=O) groups is 1. The Morgan fingerprint density at radius 1 is 1.27 bits per heavy atom. The molecule has 88 valence electrons. The second-order valence-corrected chi connectivity index (χ2v) is 3.93. The number of hydrogen-bond donors (Lipinski definition) is 0. The summed E-state index contributed by atoms with van der Waals surface area (Å²) in [6.45, 7) is 6.03. The van der Waals surface area contributed by atoms with Crippen molar-refractivity contribution in [1.82, 2.24) is 0 Å². The van der Waals surface area contributed by atoms with Gasteiger partial charge in [0.25, 0.3) is 0 Å². The molecule has 0 aliphatic heterocycles. The fraction of sp³-hybridized carbons (Fsp3) is 0.889. The van der Waals surface area contributed by atoms with Gasteiger partial charge in [-0.25, -0.2) is 4.79 Å². The molecule has 15 heavy (non-hydrogen) atoms. The molecular formula is C9H17O5P. The van der Waals surface area contributed by atoms with Gasteiger partial charge < -0.3 is 4.74 Å². The molecule has 0 aliphatic rings. The smallest absolute Gasteiger partial charge is 0.362 e. The largest absolute Gasteiger partial charge is 0.380 e.